The van der Waals surface area contributed by atoms with Crippen LogP contribution in [-0.2, 0) is 7.05 Å². The summed E-state index contributed by atoms with van der Waals surface area (Å²) in [7, 11) is 1.59. The highest BCUT2D eigenvalue weighted by atomic mass is 16.2. The second kappa shape index (κ2) is 5.94. The Morgan fingerprint density at radius 1 is 1.31 bits per heavy atom. The van der Waals surface area contributed by atoms with E-state index < -0.39 is 6.03 Å². The maximum absolute atomic E-state index is 12.9. The molecule has 1 atom stereocenters. The van der Waals surface area contributed by atoms with Crippen molar-refractivity contribution in [2.45, 2.75) is 19.4 Å². The Morgan fingerprint density at radius 3 is 2.85 bits per heavy atom. The van der Waals surface area contributed by atoms with Gasteiger partial charge in [0.15, 0.2) is 11.6 Å². The summed E-state index contributed by atoms with van der Waals surface area (Å²) >= 11 is 0. The van der Waals surface area contributed by atoms with E-state index in [2.05, 4.69) is 20.2 Å². The Labute approximate surface area is 149 Å². The average Bonchev–Trinajstić information content (AvgIpc) is 3.02. The van der Waals surface area contributed by atoms with Crippen molar-refractivity contribution in [1.29, 1.82) is 0 Å². The first kappa shape index (κ1) is 16.2. The van der Waals surface area contributed by atoms with Crippen molar-refractivity contribution in [3.63, 3.8) is 0 Å². The van der Waals surface area contributed by atoms with Gasteiger partial charge < -0.3 is 9.47 Å². The van der Waals surface area contributed by atoms with Crippen LogP contribution in [0, 0.1) is 0 Å². The molecule has 9 nitrogen and oxygen atoms in total. The number of urea groups is 1. The number of aromatic nitrogens is 3. The van der Waals surface area contributed by atoms with Crippen LogP contribution in [0.15, 0.2) is 29.3 Å². The van der Waals surface area contributed by atoms with Gasteiger partial charge in [-0.15, -0.1) is 0 Å². The Hall–Kier alpha value is -3.23. The number of fused-ring (bicyclic) bond motifs is 4. The van der Waals surface area contributed by atoms with Gasteiger partial charge in [-0.1, -0.05) is 0 Å². The molecule has 2 bridgehead atoms. The van der Waals surface area contributed by atoms with Gasteiger partial charge in [-0.05, 0) is 18.6 Å². The molecule has 4 heterocycles. The SMILES string of the molecule is CC(=O)c1ccc2c(n1)N(C(=O)Nc1cc(=O)n(C)cn1)[C@H]1CCN2C1. The Balaban J connectivity index is 1.70. The molecule has 2 amide bonds. The molecule has 134 valence electrons. The van der Waals surface area contributed by atoms with E-state index in [-0.39, 0.29) is 23.2 Å². The number of rotatable bonds is 2. The quantitative estimate of drug-likeness (QED) is 0.808. The van der Waals surface area contributed by atoms with E-state index in [4.69, 9.17) is 0 Å². The van der Waals surface area contributed by atoms with Crippen LogP contribution >= 0.6 is 0 Å². The van der Waals surface area contributed by atoms with Crippen molar-refractivity contribution in [3.8, 4) is 0 Å². The van der Waals surface area contributed by atoms with Crippen LogP contribution in [0.4, 0.5) is 22.1 Å². The second-order valence-corrected chi connectivity index (χ2v) is 6.51. The lowest BCUT2D eigenvalue weighted by atomic mass is 10.1. The van der Waals surface area contributed by atoms with Gasteiger partial charge in [0.25, 0.3) is 5.56 Å². The largest absolute Gasteiger partial charge is 0.366 e. The van der Waals surface area contributed by atoms with E-state index in [9.17, 15) is 14.4 Å². The van der Waals surface area contributed by atoms with Crippen LogP contribution in [0.1, 0.15) is 23.8 Å². The highest BCUT2D eigenvalue weighted by Gasteiger charge is 2.40. The lowest BCUT2D eigenvalue weighted by molar-refractivity contribution is 0.101. The summed E-state index contributed by atoms with van der Waals surface area (Å²) in [5.74, 6) is 0.491. The number of aryl methyl sites for hydroxylation is 1. The third-order valence-corrected chi connectivity index (χ3v) is 4.74. The topological polar surface area (TPSA) is 100 Å². The first-order valence-electron chi connectivity index (χ1n) is 8.34. The van der Waals surface area contributed by atoms with Crippen LogP contribution in [0.2, 0.25) is 0 Å². The molecule has 0 radical (unpaired) electrons. The molecule has 2 aliphatic rings. The summed E-state index contributed by atoms with van der Waals surface area (Å²) in [6.45, 7) is 2.98. The number of Topliss-reactive ketones (excluding diaryl/α,β-unsaturated/α-hetero) is 1. The van der Waals surface area contributed by atoms with Crippen LogP contribution in [0.25, 0.3) is 0 Å². The molecule has 26 heavy (non-hydrogen) atoms. The third-order valence-electron chi connectivity index (χ3n) is 4.74. The molecular weight excluding hydrogens is 336 g/mol. The number of ketones is 1. The zero-order chi connectivity index (χ0) is 18.4. The molecule has 2 aliphatic heterocycles. The van der Waals surface area contributed by atoms with Crippen LogP contribution in [0.3, 0.4) is 0 Å². The van der Waals surface area contributed by atoms with E-state index in [0.717, 1.165) is 18.7 Å². The first-order valence-corrected chi connectivity index (χ1v) is 8.34. The summed E-state index contributed by atoms with van der Waals surface area (Å²) in [5.41, 5.74) is 0.880. The fourth-order valence-electron chi connectivity index (χ4n) is 3.37. The van der Waals surface area contributed by atoms with Crippen molar-refractivity contribution >= 4 is 29.1 Å². The van der Waals surface area contributed by atoms with Crippen molar-refractivity contribution in [3.05, 3.63) is 40.6 Å². The molecule has 0 saturated carbocycles. The van der Waals surface area contributed by atoms with E-state index >= 15 is 0 Å². The van der Waals surface area contributed by atoms with E-state index in [1.54, 1.807) is 18.0 Å². The second-order valence-electron chi connectivity index (χ2n) is 6.51. The molecule has 1 fully saturated rings. The van der Waals surface area contributed by atoms with Gasteiger partial charge in [0, 0.05) is 33.1 Å². The number of hydrogen-bond donors (Lipinski definition) is 1. The molecule has 0 spiro atoms. The monoisotopic (exact) mass is 354 g/mol. The van der Waals surface area contributed by atoms with Crippen LogP contribution in [0.5, 0.6) is 0 Å². The summed E-state index contributed by atoms with van der Waals surface area (Å²) in [6, 6.07) is 4.33. The molecule has 2 aromatic rings. The number of hydrogen-bond acceptors (Lipinski definition) is 6. The number of amides is 2. The number of carbonyl (C=O) groups excluding carboxylic acids is 2. The van der Waals surface area contributed by atoms with Gasteiger partial charge in [-0.25, -0.2) is 14.8 Å². The van der Waals surface area contributed by atoms with Gasteiger partial charge in [-0.2, -0.15) is 0 Å². The predicted octanol–water partition coefficient (Wildman–Crippen LogP) is 1.01. The van der Waals surface area contributed by atoms with Crippen LogP contribution in [-0.4, -0.2) is 45.5 Å². The molecular formula is C17H18N6O3. The summed E-state index contributed by atoms with van der Waals surface area (Å²) in [4.78, 5) is 48.6. The molecule has 4 rings (SSSR count). The van der Waals surface area contributed by atoms with Gasteiger partial charge in [0.2, 0.25) is 0 Å². The van der Waals surface area contributed by atoms with Gasteiger partial charge in [0.1, 0.15) is 11.5 Å². The van der Waals surface area contributed by atoms with Crippen LogP contribution < -0.4 is 20.7 Å². The highest BCUT2D eigenvalue weighted by Crippen LogP contribution is 2.39. The van der Waals surface area contributed by atoms with Gasteiger partial charge in [0.05, 0.1) is 18.1 Å². The van der Waals surface area contributed by atoms with E-state index in [1.165, 1.54) is 23.9 Å². The smallest absolute Gasteiger partial charge is 0.329 e. The number of nitrogens with zero attached hydrogens (tertiary/aromatic N) is 5. The molecule has 0 aliphatic carbocycles. The number of nitrogens with one attached hydrogen (secondary N) is 1. The van der Waals surface area contributed by atoms with Crippen molar-refractivity contribution in [2.75, 3.05) is 28.2 Å². The van der Waals surface area contributed by atoms with E-state index in [1.807, 2.05) is 6.07 Å². The molecule has 1 saturated heterocycles. The van der Waals surface area contributed by atoms with Crippen molar-refractivity contribution < 1.29 is 9.59 Å². The summed E-state index contributed by atoms with van der Waals surface area (Å²) in [5, 5.41) is 2.67. The van der Waals surface area contributed by atoms with E-state index in [0.29, 0.717) is 18.1 Å². The minimum Gasteiger partial charge on any atom is -0.366 e. The Kier molecular flexibility index (Phi) is 3.71. The summed E-state index contributed by atoms with van der Waals surface area (Å²) in [6.07, 6.45) is 2.16. The lowest BCUT2D eigenvalue weighted by Crippen LogP contribution is -2.48. The fourth-order valence-corrected chi connectivity index (χ4v) is 3.37. The maximum Gasteiger partial charge on any atom is 0.329 e. The minimum absolute atomic E-state index is 0.0382. The molecule has 9 heteroatoms. The van der Waals surface area contributed by atoms with Gasteiger partial charge >= 0.3 is 6.03 Å². The number of anilines is 3. The third kappa shape index (κ3) is 2.61. The minimum atomic E-state index is -0.410. The zero-order valence-electron chi connectivity index (χ0n) is 14.5. The fraction of sp³-hybridized carbons (Fsp3) is 0.353. The predicted molar refractivity (Wildman–Crippen MR) is 95.8 cm³/mol. The molecule has 0 aromatic carbocycles. The zero-order valence-corrected chi connectivity index (χ0v) is 14.5. The number of pyridine rings is 1. The van der Waals surface area contributed by atoms with Crippen molar-refractivity contribution in [2.24, 2.45) is 7.05 Å². The maximum atomic E-state index is 12.9. The average molecular weight is 354 g/mol. The lowest BCUT2D eigenvalue weighted by Gasteiger charge is -2.35. The molecule has 2 aromatic heterocycles. The standard InChI is InChI=1S/C17H18N6O3/c1-10(24)12-3-4-13-16(19-12)23(11-5-6-22(13)8-11)17(26)20-14-7-15(25)21(2)9-18-14/h3-4,7,9,11H,5-6,8H2,1-2H3,(H,20,26)/t11-/m0/s1. The Morgan fingerprint density at radius 2 is 2.12 bits per heavy atom. The molecule has 0 unspecified atom stereocenters. The van der Waals surface area contributed by atoms with Gasteiger partial charge in [-0.3, -0.25) is 19.8 Å². The number of carbonyl (C=O) groups is 2. The highest BCUT2D eigenvalue weighted by molar-refractivity contribution is 6.04. The normalized spacial score (nSPS) is 17.8. The molecule has 1 N–H and O–H groups in total. The summed E-state index contributed by atoms with van der Waals surface area (Å²) < 4.78 is 1.32. The van der Waals surface area contributed by atoms with Crippen molar-refractivity contribution in [1.82, 2.24) is 14.5 Å². The first-order chi connectivity index (χ1) is 12.4. The Bertz CT molecular complexity index is 969.